The van der Waals surface area contributed by atoms with E-state index in [0.29, 0.717) is 122 Å². The Morgan fingerprint density at radius 1 is 0.553 bits per heavy atom. The first-order valence-corrected chi connectivity index (χ1v) is 31.8. The lowest BCUT2D eigenvalue weighted by atomic mass is 10.1. The van der Waals surface area contributed by atoms with Gasteiger partial charge in [-0.25, -0.2) is 48.6 Å². The van der Waals surface area contributed by atoms with Crippen LogP contribution in [0.25, 0.3) is 56.5 Å². The van der Waals surface area contributed by atoms with E-state index in [1.165, 1.54) is 29.4 Å². The van der Waals surface area contributed by atoms with Crippen LogP contribution in [0.1, 0.15) is 65.6 Å². The van der Waals surface area contributed by atoms with E-state index in [1.54, 1.807) is 189 Å². The summed E-state index contributed by atoms with van der Waals surface area (Å²) in [4.78, 5) is 97.0. The van der Waals surface area contributed by atoms with Crippen LogP contribution in [0.2, 0.25) is 0 Å². The summed E-state index contributed by atoms with van der Waals surface area (Å²) in [5.74, 6) is 1.97. The van der Waals surface area contributed by atoms with Gasteiger partial charge in [0.1, 0.15) is 34.9 Å². The monoisotopic (exact) mass is 1390 g/mol. The average Bonchev–Trinajstić information content (AvgIpc) is 0.785. The number of pyridine rings is 4. The number of methoxy groups -OCH3 is 2. The molecule has 103 heavy (non-hydrogen) atoms. The summed E-state index contributed by atoms with van der Waals surface area (Å²) in [5.41, 5.74) is 13.5. The highest BCUT2D eigenvalue weighted by atomic mass is 16.9. The fourth-order valence-electron chi connectivity index (χ4n) is 9.43. The van der Waals surface area contributed by atoms with Gasteiger partial charge in [0, 0.05) is 62.8 Å². The van der Waals surface area contributed by atoms with Gasteiger partial charge in [-0.05, 0) is 155 Å². The van der Waals surface area contributed by atoms with Crippen LogP contribution in [0.15, 0.2) is 255 Å². The van der Waals surface area contributed by atoms with Crippen LogP contribution in [0, 0.1) is 6.92 Å². The lowest BCUT2D eigenvalue weighted by Crippen LogP contribution is -2.35. The van der Waals surface area contributed by atoms with Gasteiger partial charge in [-0.1, -0.05) is 91.0 Å². The zero-order valence-electron chi connectivity index (χ0n) is 57.3. The number of aldehydes is 1. The molecule has 0 aliphatic heterocycles. The van der Waals surface area contributed by atoms with Crippen molar-refractivity contribution >= 4 is 74.4 Å². The smallest absolute Gasteiger partial charge is 0.419 e. The van der Waals surface area contributed by atoms with Crippen LogP contribution in [0.3, 0.4) is 0 Å². The van der Waals surface area contributed by atoms with Gasteiger partial charge in [-0.15, -0.1) is 0 Å². The van der Waals surface area contributed by atoms with Crippen LogP contribution < -0.4 is 48.8 Å². The Kier molecular flexibility index (Phi) is 29.4. The molecule has 0 aliphatic rings. The zero-order chi connectivity index (χ0) is 74.1. The normalized spacial score (nSPS) is 10.5. The van der Waals surface area contributed by atoms with E-state index < -0.39 is 17.4 Å². The van der Waals surface area contributed by atoms with Gasteiger partial charge in [0.2, 0.25) is 0 Å². The van der Waals surface area contributed by atoms with Crippen molar-refractivity contribution in [3.8, 4) is 34.6 Å². The van der Waals surface area contributed by atoms with Gasteiger partial charge in [0.15, 0.2) is 29.3 Å². The molecule has 8 N–H and O–H groups in total. The number of anilines is 3. The van der Waals surface area contributed by atoms with Crippen molar-refractivity contribution in [3.63, 3.8) is 0 Å². The highest BCUT2D eigenvalue weighted by Crippen LogP contribution is 2.31. The molecule has 7 heterocycles. The summed E-state index contributed by atoms with van der Waals surface area (Å²) in [6.45, 7) is 11.1. The number of phenolic OH excluding ortho intramolecular Hbond substituents is 2. The van der Waals surface area contributed by atoms with Crippen LogP contribution in [0.5, 0.6) is 23.0 Å². The molecule has 6 aromatic carbocycles. The maximum absolute atomic E-state index is 13.1. The number of aryl methyl sites for hydroxylation is 1. The van der Waals surface area contributed by atoms with Crippen LogP contribution in [-0.4, -0.2) is 106 Å². The number of phenols is 2. The number of aromatic amines is 1. The van der Waals surface area contributed by atoms with Gasteiger partial charge >= 0.3 is 11.4 Å². The predicted molar refractivity (Wildman–Crippen MR) is 397 cm³/mol. The number of carbonyl (C=O) groups excluding carboxylic acids is 2. The summed E-state index contributed by atoms with van der Waals surface area (Å²) >= 11 is 0. The summed E-state index contributed by atoms with van der Waals surface area (Å²) in [6.07, 6.45) is 10.5. The number of fused-ring (bicyclic) bond motifs is 3. The third-order valence-electron chi connectivity index (χ3n) is 14.1. The Balaban J connectivity index is 0.000000175. The van der Waals surface area contributed by atoms with Gasteiger partial charge in [0.25, 0.3) is 23.0 Å². The number of hydrogen-bond donors (Lipinski definition) is 6. The fourth-order valence-corrected chi connectivity index (χ4v) is 9.43. The molecule has 13 rings (SSSR count). The number of aromatic nitrogens is 9. The summed E-state index contributed by atoms with van der Waals surface area (Å²) in [7, 11) is 2.93. The van der Waals surface area contributed by atoms with Gasteiger partial charge in [0.05, 0.1) is 58.1 Å². The second-order valence-electron chi connectivity index (χ2n) is 21.1. The highest BCUT2D eigenvalue weighted by molar-refractivity contribution is 6.07. The average molecular weight is 1390 g/mol. The van der Waals surface area contributed by atoms with Crippen LogP contribution >= 0.6 is 0 Å². The minimum Gasteiger partial charge on any atom is -0.504 e. The van der Waals surface area contributed by atoms with Crippen molar-refractivity contribution in [2.45, 2.75) is 40.6 Å². The number of nitrogens with zero attached hydrogens (tertiary/aromatic N) is 8. The van der Waals surface area contributed by atoms with E-state index in [-0.39, 0.29) is 34.1 Å². The molecule has 7 aromatic heterocycles. The minimum absolute atomic E-state index is 0.0220. The molecule has 528 valence electrons. The van der Waals surface area contributed by atoms with E-state index in [4.69, 9.17) is 35.2 Å². The molecule has 0 aliphatic carbocycles. The number of carbonyl (C=O) groups is 2. The second kappa shape index (κ2) is 39.3. The summed E-state index contributed by atoms with van der Waals surface area (Å²) < 4.78 is 33.0. The summed E-state index contributed by atoms with van der Waals surface area (Å²) in [6, 6.07) is 59.6. The number of nitrogen functional groups attached to an aromatic ring is 2. The minimum atomic E-state index is -0.849. The van der Waals surface area contributed by atoms with Crippen molar-refractivity contribution in [1.82, 2.24) is 44.0 Å². The molecule has 0 radical (unpaired) electrons. The number of nitrogens with two attached hydrogens (primary N) is 2. The number of ether oxygens (including phenoxy) is 5. The van der Waals surface area contributed by atoms with E-state index in [1.807, 2.05) is 82.3 Å². The van der Waals surface area contributed by atoms with E-state index in [2.05, 4.69) is 44.6 Å². The number of benzene rings is 6. The number of aromatic hydroxyl groups is 2. The fraction of sp³-hybridized carbons (Fsp3) is 0.143. The third-order valence-corrected chi connectivity index (χ3v) is 14.1. The Bertz CT molecular complexity index is 5140. The Morgan fingerprint density at radius 3 is 1.55 bits per heavy atom. The Hall–Kier alpha value is -13.3. The summed E-state index contributed by atoms with van der Waals surface area (Å²) in [5, 5.41) is 23.7. The largest absolute Gasteiger partial charge is 0.504 e. The quantitative estimate of drug-likeness (QED) is 0.0315. The van der Waals surface area contributed by atoms with Crippen molar-refractivity contribution < 1.29 is 47.9 Å². The van der Waals surface area contributed by atoms with Crippen molar-refractivity contribution in [1.29, 1.82) is 0 Å². The maximum Gasteiger partial charge on any atom is 0.419 e. The van der Waals surface area contributed by atoms with Gasteiger partial charge in [-0.2, -0.15) is 0 Å². The van der Waals surface area contributed by atoms with Gasteiger partial charge in [-0.3, -0.25) is 24.2 Å². The zero-order valence-corrected chi connectivity index (χ0v) is 57.3. The highest BCUT2D eigenvalue weighted by Gasteiger charge is 2.25. The molecule has 0 saturated carbocycles. The number of H-pyrrole nitrogens is 1. The molecule has 13 aromatic rings. The molecule has 26 nitrogen and oxygen atoms in total. The first-order chi connectivity index (χ1) is 49.9. The first kappa shape index (κ1) is 77.1. The predicted octanol–water partition coefficient (Wildman–Crippen LogP) is 11.8. The molecule has 1 amide bonds. The lowest BCUT2D eigenvalue weighted by molar-refractivity contribution is -0.365. The van der Waals surface area contributed by atoms with Crippen LogP contribution in [-0.2, 0) is 14.2 Å². The van der Waals surface area contributed by atoms with Gasteiger partial charge < -0.3 is 55.1 Å². The van der Waals surface area contributed by atoms with E-state index in [9.17, 15) is 39.0 Å². The number of amides is 1. The van der Waals surface area contributed by atoms with Crippen molar-refractivity contribution in [2.75, 3.05) is 50.8 Å². The number of para-hydroxylation sites is 6. The van der Waals surface area contributed by atoms with E-state index in [0.717, 1.165) is 0 Å². The van der Waals surface area contributed by atoms with Crippen LogP contribution in [0.4, 0.5) is 17.3 Å². The standard InChI is InChI=1S/C22H17N3O3.C14H11N3O.C12H11N3O.C8H5NO3.C8H8O3.C8H18O3.C5H6N2/c1-28-18-10-6-7-15(21(18)26)12-13-20-24-17-9-3-2-8-16(17)22(27)25(20)19-11-4-5-14-23-19;1-10-16-12-7-3-2-6-11(12)14(18)17(10)13-8-4-5-9-15-13;13-10-6-2-1-5-9(10)12(16)15-11-7-3-4-8-14-11;10-7-5-3-1-2-4-6(5)9-8(11)12-7;1-11-7-4-2-3-6(5-9)8(7)10;1-5-9-8(4,10-6-2)11-7-3;6-5-3-1-2-4-7-5/h2-14,26H,1H3;2-9H,1H3;1-8H,13H2,(H,14,15,16);1-4H,(H,9,11);2-5,10H,1H3;5-7H2,1-4H3;1-4H,(H2,6,7)/b13-12+;;;;;;. The molecule has 0 saturated heterocycles. The lowest BCUT2D eigenvalue weighted by Gasteiger charge is -2.27. The van der Waals surface area contributed by atoms with Crippen molar-refractivity contribution in [3.05, 3.63) is 301 Å². The Labute approximate surface area is 590 Å². The molecule has 0 atom stereocenters. The Morgan fingerprint density at radius 2 is 1.04 bits per heavy atom. The topological polar surface area (TPSA) is 369 Å². The maximum atomic E-state index is 13.1. The molecule has 0 spiro atoms. The van der Waals surface area contributed by atoms with Crippen molar-refractivity contribution in [2.24, 2.45) is 0 Å². The molecular weight excluding hydrogens is 1320 g/mol. The molecule has 26 heteroatoms. The molecule has 0 fully saturated rings. The molecular formula is C77H76N12O14. The number of rotatable bonds is 15. The second-order valence-corrected chi connectivity index (χ2v) is 21.1. The SMILES string of the molecule is CCOC(C)(OCC)OCC.COc1cccc(/C=C/c2nc3ccccc3c(=O)n2-c2ccccn2)c1O.COc1cccc(C=O)c1O.Cc1nc2ccccc2c(=O)n1-c1ccccn1.Nc1ccccc1C(=O)Nc1ccccn1.Nc1ccccn1.O=c1[nH]c2ccccc2c(=O)o1. The molecule has 0 unspecified atom stereocenters. The number of hydrogen-bond acceptors (Lipinski definition) is 22. The first-order valence-electron chi connectivity index (χ1n) is 31.8. The third kappa shape index (κ3) is 22.1. The number of nitrogens with one attached hydrogen (secondary N) is 2. The van der Waals surface area contributed by atoms with E-state index >= 15 is 0 Å². The molecule has 0 bridgehead atoms.